The van der Waals surface area contributed by atoms with Gasteiger partial charge in [-0.05, 0) is 30.0 Å². The summed E-state index contributed by atoms with van der Waals surface area (Å²) in [6, 6.07) is 12.2. The number of nitro groups is 1. The molecule has 136 valence electrons. The highest BCUT2D eigenvalue weighted by molar-refractivity contribution is 6.00. The number of non-ortho nitro benzene ring substituents is 1. The fourth-order valence-electron chi connectivity index (χ4n) is 3.22. The molecule has 2 aromatic carbocycles. The van der Waals surface area contributed by atoms with E-state index in [0.29, 0.717) is 18.8 Å². The number of fused-ring (bicyclic) bond motifs is 1. The topological polar surface area (TPSA) is 93.5 Å². The lowest BCUT2D eigenvalue weighted by molar-refractivity contribution is -0.384. The number of aryl methyl sites for hydroxylation is 1. The van der Waals surface area contributed by atoms with Gasteiger partial charge in [-0.3, -0.25) is 14.9 Å². The fraction of sp³-hybridized carbons (Fsp3) is 0.316. The van der Waals surface area contributed by atoms with E-state index in [1.165, 1.54) is 17.7 Å². The van der Waals surface area contributed by atoms with Crippen LogP contribution in [0.3, 0.4) is 0 Å². The van der Waals surface area contributed by atoms with Gasteiger partial charge in [-0.25, -0.2) is 0 Å². The molecule has 0 fully saturated rings. The van der Waals surface area contributed by atoms with Crippen LogP contribution in [-0.4, -0.2) is 31.1 Å². The van der Waals surface area contributed by atoms with Gasteiger partial charge in [-0.1, -0.05) is 24.3 Å². The Morgan fingerprint density at radius 2 is 2.12 bits per heavy atom. The third-order valence-corrected chi connectivity index (χ3v) is 4.52. The summed E-state index contributed by atoms with van der Waals surface area (Å²) in [7, 11) is 1.59. The number of rotatable bonds is 7. The standard InChI is InChI=1S/C19H21N3O4/c1-26-11-10-20-17-9-7-14(22(24)25)12-16(17)19(23)21-18-8-6-13-4-2-3-5-15(13)18/h2-5,7,9,12,18,20H,6,8,10-11H2,1H3,(H,21,23). The lowest BCUT2D eigenvalue weighted by atomic mass is 10.1. The minimum atomic E-state index is -0.499. The van der Waals surface area contributed by atoms with E-state index in [9.17, 15) is 14.9 Å². The predicted molar refractivity (Wildman–Crippen MR) is 98.4 cm³/mol. The van der Waals surface area contributed by atoms with Crippen molar-refractivity contribution in [3.63, 3.8) is 0 Å². The largest absolute Gasteiger partial charge is 0.383 e. The van der Waals surface area contributed by atoms with Crippen LogP contribution in [0.4, 0.5) is 11.4 Å². The third-order valence-electron chi connectivity index (χ3n) is 4.52. The van der Waals surface area contributed by atoms with Gasteiger partial charge < -0.3 is 15.4 Å². The van der Waals surface area contributed by atoms with Gasteiger partial charge in [0.2, 0.25) is 0 Å². The summed E-state index contributed by atoms with van der Waals surface area (Å²) in [4.78, 5) is 23.4. The normalized spacial score (nSPS) is 15.3. The zero-order valence-electron chi connectivity index (χ0n) is 14.5. The van der Waals surface area contributed by atoms with Crippen LogP contribution in [0.25, 0.3) is 0 Å². The first-order valence-corrected chi connectivity index (χ1v) is 8.50. The maximum Gasteiger partial charge on any atom is 0.270 e. The van der Waals surface area contributed by atoms with E-state index < -0.39 is 4.92 Å². The maximum absolute atomic E-state index is 12.8. The van der Waals surface area contributed by atoms with Crippen LogP contribution < -0.4 is 10.6 Å². The molecule has 1 unspecified atom stereocenters. The maximum atomic E-state index is 12.8. The predicted octanol–water partition coefficient (Wildman–Crippen LogP) is 3.07. The van der Waals surface area contributed by atoms with Crippen molar-refractivity contribution in [3.8, 4) is 0 Å². The van der Waals surface area contributed by atoms with E-state index in [0.717, 1.165) is 18.4 Å². The molecular formula is C19H21N3O4. The van der Waals surface area contributed by atoms with Gasteiger partial charge in [0.1, 0.15) is 0 Å². The molecule has 0 spiro atoms. The highest BCUT2D eigenvalue weighted by atomic mass is 16.6. The SMILES string of the molecule is COCCNc1ccc([N+](=O)[O-])cc1C(=O)NC1CCc2ccccc21. The highest BCUT2D eigenvalue weighted by Gasteiger charge is 2.25. The minimum Gasteiger partial charge on any atom is -0.383 e. The van der Waals surface area contributed by atoms with E-state index in [4.69, 9.17) is 4.74 Å². The Balaban J connectivity index is 1.82. The molecule has 7 nitrogen and oxygen atoms in total. The lowest BCUT2D eigenvalue weighted by Gasteiger charge is -2.16. The Morgan fingerprint density at radius 1 is 1.31 bits per heavy atom. The number of methoxy groups -OCH3 is 1. The van der Waals surface area contributed by atoms with Crippen molar-refractivity contribution in [2.75, 3.05) is 25.6 Å². The summed E-state index contributed by atoms with van der Waals surface area (Å²) in [5.74, 6) is -0.324. The number of amides is 1. The number of hydrogen-bond acceptors (Lipinski definition) is 5. The molecule has 0 aliphatic heterocycles. The van der Waals surface area contributed by atoms with Crippen molar-refractivity contribution in [2.24, 2.45) is 0 Å². The molecule has 0 saturated carbocycles. The van der Waals surface area contributed by atoms with Crippen LogP contribution in [-0.2, 0) is 11.2 Å². The number of carbonyl (C=O) groups excluding carboxylic acids is 1. The molecule has 3 rings (SSSR count). The fourth-order valence-corrected chi connectivity index (χ4v) is 3.22. The third kappa shape index (κ3) is 3.83. The van der Waals surface area contributed by atoms with Gasteiger partial charge in [-0.15, -0.1) is 0 Å². The van der Waals surface area contributed by atoms with Crippen molar-refractivity contribution in [1.82, 2.24) is 5.32 Å². The van der Waals surface area contributed by atoms with Gasteiger partial charge in [0.25, 0.3) is 11.6 Å². The summed E-state index contributed by atoms with van der Waals surface area (Å²) >= 11 is 0. The molecule has 0 radical (unpaired) electrons. The Hall–Kier alpha value is -2.93. The molecular weight excluding hydrogens is 334 g/mol. The van der Waals surface area contributed by atoms with Crippen LogP contribution >= 0.6 is 0 Å². The van der Waals surface area contributed by atoms with Crippen LogP contribution in [0.15, 0.2) is 42.5 Å². The van der Waals surface area contributed by atoms with Gasteiger partial charge in [0.05, 0.1) is 23.1 Å². The number of anilines is 1. The monoisotopic (exact) mass is 355 g/mol. The summed E-state index contributed by atoms with van der Waals surface area (Å²) in [5, 5.41) is 17.2. The molecule has 1 atom stereocenters. The highest BCUT2D eigenvalue weighted by Crippen LogP contribution is 2.31. The van der Waals surface area contributed by atoms with Crippen LogP contribution in [0.2, 0.25) is 0 Å². The van der Waals surface area contributed by atoms with E-state index in [-0.39, 0.29) is 23.2 Å². The van der Waals surface area contributed by atoms with Crippen molar-refractivity contribution >= 4 is 17.3 Å². The zero-order valence-corrected chi connectivity index (χ0v) is 14.5. The summed E-state index contributed by atoms with van der Waals surface area (Å²) in [6.45, 7) is 0.967. The van der Waals surface area contributed by atoms with Crippen molar-refractivity contribution in [2.45, 2.75) is 18.9 Å². The molecule has 0 aromatic heterocycles. The average Bonchev–Trinajstić information content (AvgIpc) is 3.05. The molecule has 7 heteroatoms. The van der Waals surface area contributed by atoms with E-state index in [2.05, 4.69) is 16.7 Å². The lowest BCUT2D eigenvalue weighted by Crippen LogP contribution is -2.28. The molecule has 0 saturated heterocycles. The molecule has 26 heavy (non-hydrogen) atoms. The molecule has 2 aromatic rings. The number of nitro benzene ring substituents is 1. The summed E-state index contributed by atoms with van der Waals surface area (Å²) < 4.78 is 5.00. The van der Waals surface area contributed by atoms with Gasteiger partial charge >= 0.3 is 0 Å². The van der Waals surface area contributed by atoms with E-state index in [1.54, 1.807) is 13.2 Å². The van der Waals surface area contributed by atoms with Crippen LogP contribution in [0.1, 0.15) is 33.9 Å². The second-order valence-electron chi connectivity index (χ2n) is 6.17. The first-order valence-electron chi connectivity index (χ1n) is 8.50. The number of carbonyl (C=O) groups is 1. The smallest absolute Gasteiger partial charge is 0.270 e. The van der Waals surface area contributed by atoms with Crippen LogP contribution in [0, 0.1) is 10.1 Å². The van der Waals surface area contributed by atoms with Gasteiger partial charge in [-0.2, -0.15) is 0 Å². The number of nitrogens with one attached hydrogen (secondary N) is 2. The summed E-state index contributed by atoms with van der Waals surface area (Å²) in [5.41, 5.74) is 3.05. The second kappa shape index (κ2) is 7.97. The second-order valence-corrected chi connectivity index (χ2v) is 6.17. The van der Waals surface area contributed by atoms with E-state index in [1.807, 2.05) is 18.2 Å². The number of ether oxygens (including phenoxy) is 1. The Labute approximate surface area is 151 Å². The average molecular weight is 355 g/mol. The van der Waals surface area contributed by atoms with Crippen molar-refractivity contribution in [3.05, 3.63) is 69.3 Å². The molecule has 1 amide bonds. The molecule has 0 bridgehead atoms. The first kappa shape index (κ1) is 17.9. The Kier molecular flexibility index (Phi) is 5.48. The first-order chi connectivity index (χ1) is 12.6. The van der Waals surface area contributed by atoms with E-state index >= 15 is 0 Å². The van der Waals surface area contributed by atoms with Crippen molar-refractivity contribution in [1.29, 1.82) is 0 Å². The Morgan fingerprint density at radius 3 is 2.88 bits per heavy atom. The molecule has 2 N–H and O–H groups in total. The number of benzene rings is 2. The van der Waals surface area contributed by atoms with Crippen molar-refractivity contribution < 1.29 is 14.5 Å². The Bertz CT molecular complexity index is 822. The molecule has 0 heterocycles. The zero-order chi connectivity index (χ0) is 18.5. The van der Waals surface area contributed by atoms with Crippen LogP contribution in [0.5, 0.6) is 0 Å². The van der Waals surface area contributed by atoms with Gasteiger partial charge in [0, 0.05) is 31.5 Å². The number of hydrogen-bond donors (Lipinski definition) is 2. The summed E-state index contributed by atoms with van der Waals surface area (Å²) in [6.07, 6.45) is 1.74. The minimum absolute atomic E-state index is 0.0789. The van der Waals surface area contributed by atoms with Gasteiger partial charge in [0.15, 0.2) is 0 Å². The molecule has 1 aliphatic carbocycles. The number of nitrogens with zero attached hydrogens (tertiary/aromatic N) is 1. The quantitative estimate of drug-likeness (QED) is 0.452. The molecule has 1 aliphatic rings.